The van der Waals surface area contributed by atoms with Crippen molar-refractivity contribution in [3.63, 3.8) is 0 Å². The van der Waals surface area contributed by atoms with Crippen LogP contribution in [-0.4, -0.2) is 22.0 Å². The van der Waals surface area contributed by atoms with E-state index in [9.17, 15) is 0 Å². The molecule has 0 atom stereocenters. The summed E-state index contributed by atoms with van der Waals surface area (Å²) in [5.74, 6) is 1.11. The Bertz CT molecular complexity index is 1130. The maximum atomic E-state index is 4.82. The number of hydrogen-bond donors (Lipinski definition) is 1. The summed E-state index contributed by atoms with van der Waals surface area (Å²) in [5, 5.41) is 0. The summed E-state index contributed by atoms with van der Waals surface area (Å²) in [4.78, 5) is 18.6. The Hall–Kier alpha value is -3.38. The fourth-order valence-corrected chi connectivity index (χ4v) is 3.67. The van der Waals surface area contributed by atoms with Crippen molar-refractivity contribution >= 4 is 41.6 Å². The van der Waals surface area contributed by atoms with Gasteiger partial charge in [-0.3, -0.25) is 4.90 Å². The highest BCUT2D eigenvalue weighted by molar-refractivity contribution is 7.80. The molecule has 0 aliphatic heterocycles. The molecule has 0 unspecified atom stereocenters. The fraction of sp³-hybridized carbons (Fsp3) is 0.125. The molecule has 0 fully saturated rings. The van der Waals surface area contributed by atoms with Crippen molar-refractivity contribution in [3.05, 3.63) is 90.3 Å². The normalized spacial score (nSPS) is 10.7. The summed E-state index contributed by atoms with van der Waals surface area (Å²) in [6, 6.07) is 24.3. The molecule has 0 N–H and O–H groups in total. The van der Waals surface area contributed by atoms with Gasteiger partial charge in [0.1, 0.15) is 6.33 Å². The summed E-state index contributed by atoms with van der Waals surface area (Å²) in [5.41, 5.74) is 5.22. The van der Waals surface area contributed by atoms with Gasteiger partial charge < -0.3 is 4.90 Å². The van der Waals surface area contributed by atoms with Crippen LogP contribution in [0.15, 0.2) is 84.0 Å². The van der Waals surface area contributed by atoms with E-state index in [1.807, 2.05) is 65.4 Å². The van der Waals surface area contributed by atoms with Crippen molar-refractivity contribution < 1.29 is 0 Å². The molecule has 0 spiro atoms. The lowest BCUT2D eigenvalue weighted by molar-refractivity contribution is 0.957. The van der Waals surface area contributed by atoms with Gasteiger partial charge in [0.25, 0.3) is 0 Å². The van der Waals surface area contributed by atoms with Crippen molar-refractivity contribution in [2.24, 2.45) is 0 Å². The lowest BCUT2D eigenvalue weighted by atomic mass is 10.1. The van der Waals surface area contributed by atoms with E-state index in [0.717, 1.165) is 33.1 Å². The first-order chi connectivity index (χ1) is 14.6. The van der Waals surface area contributed by atoms with Gasteiger partial charge in [-0.1, -0.05) is 48.5 Å². The molecule has 4 aromatic rings. The van der Waals surface area contributed by atoms with Gasteiger partial charge in [-0.25, -0.2) is 9.97 Å². The topological polar surface area (TPSA) is 45.2 Å². The lowest BCUT2D eigenvalue weighted by Crippen LogP contribution is -2.19. The molecule has 0 bridgehead atoms. The molecule has 6 heteroatoms. The average molecular weight is 414 g/mol. The minimum atomic E-state index is 0.538. The summed E-state index contributed by atoms with van der Waals surface area (Å²) in [6.45, 7) is 4.15. The third kappa shape index (κ3) is 3.86. The first-order valence-electron chi connectivity index (χ1n) is 9.68. The Morgan fingerprint density at radius 3 is 1.83 bits per heavy atom. The van der Waals surface area contributed by atoms with Crippen molar-refractivity contribution in [1.82, 2.24) is 15.0 Å². The van der Waals surface area contributed by atoms with Crippen molar-refractivity contribution in [3.8, 4) is 0 Å². The van der Waals surface area contributed by atoms with E-state index < -0.39 is 0 Å². The van der Waals surface area contributed by atoms with Gasteiger partial charge in [0.15, 0.2) is 0 Å². The van der Waals surface area contributed by atoms with E-state index in [0.29, 0.717) is 11.9 Å². The second-order valence-corrected chi connectivity index (χ2v) is 7.52. The number of benzene rings is 3. The van der Waals surface area contributed by atoms with Crippen LogP contribution in [0.1, 0.15) is 11.1 Å². The van der Waals surface area contributed by atoms with Crippen LogP contribution in [0.4, 0.5) is 29.0 Å². The number of aromatic nitrogens is 3. The van der Waals surface area contributed by atoms with Gasteiger partial charge in [-0.15, -0.1) is 12.6 Å². The van der Waals surface area contributed by atoms with Crippen molar-refractivity contribution in [2.45, 2.75) is 18.7 Å². The van der Waals surface area contributed by atoms with E-state index >= 15 is 0 Å². The Balaban J connectivity index is 1.85. The molecular weight excluding hydrogens is 390 g/mol. The molecule has 5 nitrogen and oxygen atoms in total. The van der Waals surface area contributed by atoms with E-state index in [-0.39, 0.29) is 0 Å². The Morgan fingerprint density at radius 2 is 1.20 bits per heavy atom. The highest BCUT2D eigenvalue weighted by Crippen LogP contribution is 2.38. The number of anilines is 5. The molecule has 1 aromatic heterocycles. The molecular formula is C24H23N5S. The van der Waals surface area contributed by atoms with Gasteiger partial charge in [-0.2, -0.15) is 4.98 Å². The quantitative estimate of drug-likeness (QED) is 0.406. The standard InChI is InChI=1S/C24H23N5S/c1-17-10-4-6-12-19(17)28(3)23-25-16-26-24(27-23)29(20-13-7-5-11-18(20)2)21-14-8-9-15-22(21)30/h4-16,30H,1-3H3. The molecule has 0 aliphatic carbocycles. The SMILES string of the molecule is Cc1ccccc1N(C)c1ncnc(N(c2ccccc2C)c2ccccc2S)n1. The lowest BCUT2D eigenvalue weighted by Gasteiger charge is -2.27. The van der Waals surface area contributed by atoms with E-state index in [1.54, 1.807) is 6.33 Å². The first-order valence-corrected chi connectivity index (χ1v) is 10.1. The third-order valence-corrected chi connectivity index (χ3v) is 5.38. The summed E-state index contributed by atoms with van der Waals surface area (Å²) < 4.78 is 0. The second-order valence-electron chi connectivity index (χ2n) is 7.04. The van der Waals surface area contributed by atoms with Gasteiger partial charge in [0.2, 0.25) is 11.9 Å². The second kappa shape index (κ2) is 8.55. The average Bonchev–Trinajstić information content (AvgIpc) is 2.77. The minimum Gasteiger partial charge on any atom is -0.313 e. The predicted octanol–water partition coefficient (Wildman–Crippen LogP) is 6.01. The van der Waals surface area contributed by atoms with Crippen molar-refractivity contribution in [2.75, 3.05) is 16.8 Å². The van der Waals surface area contributed by atoms with Crippen molar-refractivity contribution in [1.29, 1.82) is 0 Å². The number of aryl methyl sites for hydroxylation is 2. The Morgan fingerprint density at radius 1 is 0.667 bits per heavy atom. The molecule has 30 heavy (non-hydrogen) atoms. The summed E-state index contributed by atoms with van der Waals surface area (Å²) in [7, 11) is 1.96. The molecule has 0 saturated heterocycles. The third-order valence-electron chi connectivity index (χ3n) is 5.00. The van der Waals surface area contributed by atoms with Crippen LogP contribution in [0.3, 0.4) is 0 Å². The van der Waals surface area contributed by atoms with Crippen LogP contribution in [-0.2, 0) is 0 Å². The largest absolute Gasteiger partial charge is 0.313 e. The van der Waals surface area contributed by atoms with Gasteiger partial charge in [0, 0.05) is 17.6 Å². The van der Waals surface area contributed by atoms with Crippen LogP contribution < -0.4 is 9.80 Å². The zero-order chi connectivity index (χ0) is 21.1. The molecule has 0 amide bonds. The Labute approximate surface area is 182 Å². The van der Waals surface area contributed by atoms with E-state index in [1.165, 1.54) is 0 Å². The van der Waals surface area contributed by atoms with Crippen LogP contribution in [0.5, 0.6) is 0 Å². The number of para-hydroxylation sites is 3. The number of thiol groups is 1. The van der Waals surface area contributed by atoms with Gasteiger partial charge in [-0.05, 0) is 49.2 Å². The summed E-state index contributed by atoms with van der Waals surface area (Å²) >= 11 is 4.69. The van der Waals surface area contributed by atoms with Crippen LogP contribution in [0, 0.1) is 13.8 Å². The zero-order valence-electron chi connectivity index (χ0n) is 17.2. The highest BCUT2D eigenvalue weighted by atomic mass is 32.1. The highest BCUT2D eigenvalue weighted by Gasteiger charge is 2.20. The number of hydrogen-bond acceptors (Lipinski definition) is 6. The van der Waals surface area contributed by atoms with Crippen LogP contribution in [0.2, 0.25) is 0 Å². The zero-order valence-corrected chi connectivity index (χ0v) is 18.1. The molecule has 1 heterocycles. The molecule has 0 aliphatic rings. The van der Waals surface area contributed by atoms with Gasteiger partial charge in [0.05, 0.1) is 11.4 Å². The molecule has 3 aromatic carbocycles. The van der Waals surface area contributed by atoms with E-state index in [4.69, 9.17) is 4.98 Å². The number of rotatable bonds is 5. The smallest absolute Gasteiger partial charge is 0.239 e. The maximum absolute atomic E-state index is 4.82. The molecule has 0 radical (unpaired) electrons. The monoisotopic (exact) mass is 413 g/mol. The molecule has 4 rings (SSSR count). The number of nitrogens with zero attached hydrogens (tertiary/aromatic N) is 5. The maximum Gasteiger partial charge on any atom is 0.239 e. The van der Waals surface area contributed by atoms with E-state index in [2.05, 4.69) is 60.7 Å². The minimum absolute atomic E-state index is 0.538. The van der Waals surface area contributed by atoms with Crippen LogP contribution >= 0.6 is 12.6 Å². The summed E-state index contributed by atoms with van der Waals surface area (Å²) in [6.07, 6.45) is 1.55. The fourth-order valence-electron chi connectivity index (χ4n) is 3.41. The first kappa shape index (κ1) is 19.9. The molecule has 0 saturated carbocycles. The molecule has 150 valence electrons. The Kier molecular flexibility index (Phi) is 5.68. The predicted molar refractivity (Wildman–Crippen MR) is 126 cm³/mol. The van der Waals surface area contributed by atoms with Crippen LogP contribution in [0.25, 0.3) is 0 Å². The van der Waals surface area contributed by atoms with Gasteiger partial charge >= 0.3 is 0 Å².